The van der Waals surface area contributed by atoms with E-state index in [2.05, 4.69) is 0 Å². The average molecular weight is 131 g/mol. The summed E-state index contributed by atoms with van der Waals surface area (Å²) in [6.07, 6.45) is 0. The second kappa shape index (κ2) is 3.08. The minimum atomic E-state index is -1.29. The van der Waals surface area contributed by atoms with Gasteiger partial charge in [-0.25, -0.2) is 0 Å². The molecule has 6 heteroatoms. The van der Waals surface area contributed by atoms with Crippen molar-refractivity contribution in [2.45, 2.75) is 5.94 Å². The predicted octanol–water partition coefficient (Wildman–Crippen LogP) is -1.53. The van der Waals surface area contributed by atoms with Crippen LogP contribution >= 0.6 is 0 Å². The van der Waals surface area contributed by atoms with Crippen molar-refractivity contribution in [2.75, 3.05) is 0 Å². The minimum Gasteiger partial charge on any atom is -0.489 e. The lowest BCUT2D eigenvalue weighted by Gasteiger charge is -1.97. The minimum absolute atomic E-state index is 0.532. The molecular formula is C3H6BNO4. The first kappa shape index (κ1) is 7.96. The molecule has 0 radical (unpaired) electrons. The number of rotatable bonds is 3. The highest BCUT2D eigenvalue weighted by atomic mass is 16.4. The Hall–Kier alpha value is -1.04. The molecule has 1 atom stereocenters. The van der Waals surface area contributed by atoms with Crippen LogP contribution < -0.4 is 5.73 Å². The van der Waals surface area contributed by atoms with Crippen LogP contribution in [-0.4, -0.2) is 35.3 Å². The number of nitrogens with two attached hydrogens (primary N) is 1. The third kappa shape index (κ3) is 3.54. The van der Waals surface area contributed by atoms with Gasteiger partial charge in [0.25, 0.3) is 7.28 Å². The van der Waals surface area contributed by atoms with E-state index < -0.39 is 25.1 Å². The Kier molecular flexibility index (Phi) is 2.73. The van der Waals surface area contributed by atoms with Crippen LogP contribution in [0.25, 0.3) is 0 Å². The van der Waals surface area contributed by atoms with Gasteiger partial charge in [-0.2, -0.15) is 0 Å². The van der Waals surface area contributed by atoms with Crippen molar-refractivity contribution in [3.63, 3.8) is 0 Å². The first-order chi connectivity index (χ1) is 4.04. The number of hydrogen-bond donors (Lipinski definition) is 3. The lowest BCUT2D eigenvalue weighted by molar-refractivity contribution is -0.136. The monoisotopic (exact) mass is 131 g/mol. The molecule has 0 heterocycles. The van der Waals surface area contributed by atoms with Crippen LogP contribution in [0.4, 0.5) is 4.79 Å². The van der Waals surface area contributed by atoms with E-state index in [-0.39, 0.29) is 0 Å². The molecule has 0 bridgehead atoms. The van der Waals surface area contributed by atoms with Gasteiger partial charge in [0.2, 0.25) is 5.87 Å². The highest BCUT2D eigenvalue weighted by Gasteiger charge is 2.17. The lowest BCUT2D eigenvalue weighted by atomic mass is 9.70. The topological polar surface area (TPSA) is 101 Å². The maximum Gasteiger partial charge on any atom is 0.312 e. The zero-order valence-electron chi connectivity index (χ0n) is 4.57. The predicted molar refractivity (Wildman–Crippen MR) is 30.8 cm³/mol. The van der Waals surface area contributed by atoms with Gasteiger partial charge in [-0.1, -0.05) is 0 Å². The molecule has 9 heavy (non-hydrogen) atoms. The van der Waals surface area contributed by atoms with Gasteiger partial charge in [0.15, 0.2) is 0 Å². The normalized spacial score (nSPS) is 12.1. The Bertz CT molecular complexity index is 136. The van der Waals surface area contributed by atoms with Gasteiger partial charge in [-0.3, -0.25) is 9.59 Å². The van der Waals surface area contributed by atoms with Crippen molar-refractivity contribution >= 4 is 19.1 Å². The first-order valence-electron chi connectivity index (χ1n) is 2.24. The van der Waals surface area contributed by atoms with Gasteiger partial charge in [0.1, 0.15) is 0 Å². The summed E-state index contributed by atoms with van der Waals surface area (Å²) in [5.74, 6) is -3.79. The van der Waals surface area contributed by atoms with Gasteiger partial charge in [0.05, 0.1) is 5.94 Å². The molecule has 5 nitrogen and oxygen atoms in total. The first-order valence-corrected chi connectivity index (χ1v) is 2.24. The lowest BCUT2D eigenvalue weighted by Crippen LogP contribution is -2.39. The Morgan fingerprint density at radius 2 is 1.89 bits per heavy atom. The Morgan fingerprint density at radius 1 is 1.44 bits per heavy atom. The molecule has 0 aromatic rings. The second-order valence-corrected chi connectivity index (χ2v) is 1.54. The maximum atomic E-state index is 9.85. The second-order valence-electron chi connectivity index (χ2n) is 1.54. The number of carbonyl (C=O) groups is 2. The Labute approximate surface area is 51.7 Å². The standard InChI is InChI=1S/C3H6BNO4/c5-1(2(6)7)4-3(8)9/h1,4H,5H2,(H,6,7)(H,8,9). The van der Waals surface area contributed by atoms with Crippen LogP contribution in [0, 0.1) is 0 Å². The van der Waals surface area contributed by atoms with Crippen LogP contribution in [0.5, 0.6) is 0 Å². The molecule has 0 rings (SSSR count). The van der Waals surface area contributed by atoms with Crippen LogP contribution in [0.2, 0.25) is 0 Å². The van der Waals surface area contributed by atoms with Crippen molar-refractivity contribution in [1.82, 2.24) is 0 Å². The third-order valence-corrected chi connectivity index (χ3v) is 0.712. The third-order valence-electron chi connectivity index (χ3n) is 0.712. The summed E-state index contributed by atoms with van der Waals surface area (Å²) in [5, 5.41) is 16.0. The molecule has 0 saturated carbocycles. The number of carboxylic acids is 1. The molecule has 50 valence electrons. The molecule has 0 aromatic heterocycles. The van der Waals surface area contributed by atoms with E-state index in [1.54, 1.807) is 0 Å². The van der Waals surface area contributed by atoms with Crippen molar-refractivity contribution in [3.8, 4) is 0 Å². The summed E-state index contributed by atoms with van der Waals surface area (Å²) in [5.41, 5.74) is 4.84. The molecule has 1 unspecified atom stereocenters. The number of hydrogen-bond acceptors (Lipinski definition) is 3. The molecule has 0 spiro atoms. The van der Waals surface area contributed by atoms with E-state index in [0.717, 1.165) is 0 Å². The van der Waals surface area contributed by atoms with Crippen molar-refractivity contribution in [3.05, 3.63) is 0 Å². The molecule has 0 aromatic carbocycles. The van der Waals surface area contributed by atoms with Gasteiger partial charge >= 0.3 is 5.97 Å². The quantitative estimate of drug-likeness (QED) is 0.403. The van der Waals surface area contributed by atoms with E-state index in [1.807, 2.05) is 0 Å². The summed E-state index contributed by atoms with van der Waals surface area (Å²) in [7, 11) is -0.532. The highest BCUT2D eigenvalue weighted by Crippen LogP contribution is 1.75. The molecule has 0 amide bonds. The summed E-state index contributed by atoms with van der Waals surface area (Å²) in [6, 6.07) is 0. The van der Waals surface area contributed by atoms with E-state index in [9.17, 15) is 9.59 Å². The Morgan fingerprint density at radius 3 is 2.00 bits per heavy atom. The molecule has 0 saturated heterocycles. The zero-order chi connectivity index (χ0) is 7.44. The highest BCUT2D eigenvalue weighted by molar-refractivity contribution is 6.75. The smallest absolute Gasteiger partial charge is 0.312 e. The van der Waals surface area contributed by atoms with Crippen LogP contribution in [0.3, 0.4) is 0 Å². The van der Waals surface area contributed by atoms with Crippen LogP contribution in [-0.2, 0) is 4.79 Å². The average Bonchev–Trinajstić information content (AvgIpc) is 1.63. The van der Waals surface area contributed by atoms with Gasteiger partial charge in [0, 0.05) is 0 Å². The van der Waals surface area contributed by atoms with Crippen LogP contribution in [0.15, 0.2) is 0 Å². The Balaban J connectivity index is 3.63. The van der Waals surface area contributed by atoms with Gasteiger partial charge in [-0.15, -0.1) is 0 Å². The van der Waals surface area contributed by atoms with Crippen molar-refractivity contribution in [2.24, 2.45) is 5.73 Å². The van der Waals surface area contributed by atoms with Crippen molar-refractivity contribution in [1.29, 1.82) is 0 Å². The molecular weight excluding hydrogens is 125 g/mol. The van der Waals surface area contributed by atoms with Gasteiger partial charge < -0.3 is 15.9 Å². The molecule has 4 N–H and O–H groups in total. The number of carboxylic acid groups (broad SMARTS) is 2. The molecule has 0 aliphatic heterocycles. The summed E-state index contributed by atoms with van der Waals surface area (Å²) >= 11 is 0. The fourth-order valence-electron chi connectivity index (χ4n) is 0.275. The maximum absolute atomic E-state index is 9.85. The summed E-state index contributed by atoms with van der Waals surface area (Å²) in [6.45, 7) is 0. The van der Waals surface area contributed by atoms with Crippen molar-refractivity contribution < 1.29 is 19.8 Å². The zero-order valence-corrected chi connectivity index (χ0v) is 4.57. The molecule has 0 fully saturated rings. The largest absolute Gasteiger partial charge is 0.489 e. The van der Waals surface area contributed by atoms with E-state index in [1.165, 1.54) is 0 Å². The molecule has 0 aliphatic rings. The fourth-order valence-corrected chi connectivity index (χ4v) is 0.275. The van der Waals surface area contributed by atoms with E-state index >= 15 is 0 Å². The van der Waals surface area contributed by atoms with E-state index in [0.29, 0.717) is 0 Å². The molecule has 0 aliphatic carbocycles. The fraction of sp³-hybridized carbons (Fsp3) is 0.333. The van der Waals surface area contributed by atoms with Gasteiger partial charge in [-0.05, 0) is 0 Å². The number of aliphatic carboxylic acids is 1. The SMILES string of the molecule is NC(BC(=O)O)C(=O)O. The van der Waals surface area contributed by atoms with Crippen LogP contribution in [0.1, 0.15) is 0 Å². The summed E-state index contributed by atoms with van der Waals surface area (Å²) < 4.78 is 0. The summed E-state index contributed by atoms with van der Waals surface area (Å²) in [4.78, 5) is 19.6. The van der Waals surface area contributed by atoms with E-state index in [4.69, 9.17) is 15.9 Å².